The van der Waals surface area contributed by atoms with E-state index in [0.717, 1.165) is 12.3 Å². The Kier molecular flexibility index (Phi) is 5.33. The molecular formula is C14H19F3N2O2. The SMILES string of the molecule is CCC(C)(CNC(=O)c1cccnc1C(F)(F)F)C(C)O. The summed E-state index contributed by atoms with van der Waals surface area (Å²) in [6.45, 7) is 5.25. The molecule has 1 rings (SSSR count). The van der Waals surface area contributed by atoms with Gasteiger partial charge in [-0.25, -0.2) is 0 Å². The quantitative estimate of drug-likeness (QED) is 0.879. The van der Waals surface area contributed by atoms with Crippen LogP contribution in [0.5, 0.6) is 0 Å². The fourth-order valence-electron chi connectivity index (χ4n) is 1.76. The lowest BCUT2D eigenvalue weighted by molar-refractivity contribution is -0.141. The van der Waals surface area contributed by atoms with E-state index in [2.05, 4.69) is 10.3 Å². The van der Waals surface area contributed by atoms with E-state index in [9.17, 15) is 23.1 Å². The molecule has 0 fully saturated rings. The minimum atomic E-state index is -4.69. The van der Waals surface area contributed by atoms with Crippen LogP contribution in [0.15, 0.2) is 18.3 Å². The Balaban J connectivity index is 2.92. The highest BCUT2D eigenvalue weighted by atomic mass is 19.4. The number of aliphatic hydroxyl groups excluding tert-OH is 1. The second-order valence-corrected chi connectivity index (χ2v) is 5.26. The molecule has 21 heavy (non-hydrogen) atoms. The Labute approximate surface area is 121 Å². The summed E-state index contributed by atoms with van der Waals surface area (Å²) in [5.41, 5.74) is -2.33. The normalized spacial score (nSPS) is 16.1. The minimum Gasteiger partial charge on any atom is -0.393 e. The van der Waals surface area contributed by atoms with Crippen LogP contribution in [0.2, 0.25) is 0 Å². The monoisotopic (exact) mass is 304 g/mol. The molecule has 1 aromatic rings. The van der Waals surface area contributed by atoms with Gasteiger partial charge in [0.15, 0.2) is 5.69 Å². The average Bonchev–Trinajstić information content (AvgIpc) is 2.43. The molecule has 1 amide bonds. The first kappa shape index (κ1) is 17.4. The van der Waals surface area contributed by atoms with Gasteiger partial charge in [-0.15, -0.1) is 0 Å². The van der Waals surface area contributed by atoms with Crippen LogP contribution in [0, 0.1) is 5.41 Å². The van der Waals surface area contributed by atoms with Gasteiger partial charge in [-0.05, 0) is 25.5 Å². The van der Waals surface area contributed by atoms with Crippen molar-refractivity contribution in [2.45, 2.75) is 39.5 Å². The van der Waals surface area contributed by atoms with Gasteiger partial charge in [-0.1, -0.05) is 13.8 Å². The molecule has 0 aliphatic rings. The van der Waals surface area contributed by atoms with E-state index in [1.165, 1.54) is 6.07 Å². The predicted octanol–water partition coefficient (Wildman–Crippen LogP) is 2.63. The van der Waals surface area contributed by atoms with E-state index in [-0.39, 0.29) is 6.54 Å². The van der Waals surface area contributed by atoms with Gasteiger partial charge in [-0.3, -0.25) is 9.78 Å². The second-order valence-electron chi connectivity index (χ2n) is 5.26. The summed E-state index contributed by atoms with van der Waals surface area (Å²) in [5, 5.41) is 12.1. The van der Waals surface area contributed by atoms with Gasteiger partial charge in [0.2, 0.25) is 0 Å². The molecule has 7 heteroatoms. The molecular weight excluding hydrogens is 285 g/mol. The van der Waals surface area contributed by atoms with Crippen LogP contribution in [-0.2, 0) is 6.18 Å². The fraction of sp³-hybridized carbons (Fsp3) is 0.571. The van der Waals surface area contributed by atoms with Crippen LogP contribution >= 0.6 is 0 Å². The number of pyridine rings is 1. The number of hydrogen-bond acceptors (Lipinski definition) is 3. The lowest BCUT2D eigenvalue weighted by Gasteiger charge is -2.31. The van der Waals surface area contributed by atoms with Gasteiger partial charge in [0.1, 0.15) is 0 Å². The van der Waals surface area contributed by atoms with Crippen molar-refractivity contribution in [1.82, 2.24) is 10.3 Å². The molecule has 2 unspecified atom stereocenters. The third-order valence-corrected chi connectivity index (χ3v) is 3.79. The molecule has 0 aliphatic heterocycles. The highest BCUT2D eigenvalue weighted by Crippen LogP contribution is 2.30. The van der Waals surface area contributed by atoms with Gasteiger partial charge in [-0.2, -0.15) is 13.2 Å². The summed E-state index contributed by atoms with van der Waals surface area (Å²) >= 11 is 0. The van der Waals surface area contributed by atoms with Crippen LogP contribution < -0.4 is 5.32 Å². The van der Waals surface area contributed by atoms with Crippen molar-refractivity contribution in [3.63, 3.8) is 0 Å². The Hall–Kier alpha value is -1.63. The third-order valence-electron chi connectivity index (χ3n) is 3.79. The number of nitrogens with zero attached hydrogens (tertiary/aromatic N) is 1. The van der Waals surface area contributed by atoms with E-state index in [4.69, 9.17) is 0 Å². The zero-order valence-electron chi connectivity index (χ0n) is 12.2. The number of halogens is 3. The fourth-order valence-corrected chi connectivity index (χ4v) is 1.76. The number of nitrogens with one attached hydrogen (secondary N) is 1. The largest absolute Gasteiger partial charge is 0.434 e. The lowest BCUT2D eigenvalue weighted by atomic mass is 9.82. The van der Waals surface area contributed by atoms with Crippen LogP contribution in [0.3, 0.4) is 0 Å². The maximum absolute atomic E-state index is 12.8. The van der Waals surface area contributed by atoms with E-state index >= 15 is 0 Å². The maximum atomic E-state index is 12.8. The number of alkyl halides is 3. The highest BCUT2D eigenvalue weighted by molar-refractivity contribution is 5.95. The molecule has 0 saturated carbocycles. The van der Waals surface area contributed by atoms with Crippen LogP contribution in [0.25, 0.3) is 0 Å². The minimum absolute atomic E-state index is 0.0756. The number of hydrogen-bond donors (Lipinski definition) is 2. The van der Waals surface area contributed by atoms with Gasteiger partial charge in [0, 0.05) is 18.2 Å². The zero-order chi connectivity index (χ0) is 16.3. The first-order valence-electron chi connectivity index (χ1n) is 6.60. The van der Waals surface area contributed by atoms with Crippen molar-refractivity contribution in [3.8, 4) is 0 Å². The zero-order valence-corrected chi connectivity index (χ0v) is 12.2. The second kappa shape index (κ2) is 6.43. The molecule has 0 aromatic carbocycles. The highest BCUT2D eigenvalue weighted by Gasteiger charge is 2.37. The van der Waals surface area contributed by atoms with Gasteiger partial charge < -0.3 is 10.4 Å². The standard InChI is InChI=1S/C14H19F3N2O2/c1-4-13(3,9(2)20)8-19-12(21)10-6-5-7-18-11(10)14(15,16)17/h5-7,9,20H,4,8H2,1-3H3,(H,19,21). The summed E-state index contributed by atoms with van der Waals surface area (Å²) in [7, 11) is 0. The van der Waals surface area contributed by atoms with E-state index in [0.29, 0.717) is 6.42 Å². The summed E-state index contributed by atoms with van der Waals surface area (Å²) in [6.07, 6.45) is -3.82. The summed E-state index contributed by atoms with van der Waals surface area (Å²) in [5.74, 6) is -0.851. The number of carbonyl (C=O) groups is 1. The summed E-state index contributed by atoms with van der Waals surface area (Å²) in [6, 6.07) is 2.36. The predicted molar refractivity (Wildman–Crippen MR) is 71.7 cm³/mol. The molecule has 0 saturated heterocycles. The van der Waals surface area contributed by atoms with Crippen LogP contribution in [-0.4, -0.2) is 28.6 Å². The number of rotatable bonds is 5. The van der Waals surface area contributed by atoms with Crippen molar-refractivity contribution >= 4 is 5.91 Å². The van der Waals surface area contributed by atoms with Crippen LogP contribution in [0.4, 0.5) is 13.2 Å². The molecule has 2 N–H and O–H groups in total. The van der Waals surface area contributed by atoms with Crippen molar-refractivity contribution in [2.24, 2.45) is 5.41 Å². The van der Waals surface area contributed by atoms with Crippen molar-refractivity contribution in [2.75, 3.05) is 6.54 Å². The van der Waals surface area contributed by atoms with E-state index in [1.807, 2.05) is 6.92 Å². The number of aromatic nitrogens is 1. The third kappa shape index (κ3) is 4.17. The maximum Gasteiger partial charge on any atom is 0.434 e. The Morgan fingerprint density at radius 2 is 2.10 bits per heavy atom. The number of carbonyl (C=O) groups excluding carboxylic acids is 1. The molecule has 1 aromatic heterocycles. The topological polar surface area (TPSA) is 62.2 Å². The Morgan fingerprint density at radius 3 is 2.57 bits per heavy atom. The number of aliphatic hydroxyl groups is 1. The van der Waals surface area contributed by atoms with Gasteiger partial charge >= 0.3 is 6.18 Å². The molecule has 0 aliphatic carbocycles. The van der Waals surface area contributed by atoms with E-state index in [1.54, 1.807) is 13.8 Å². The first-order valence-corrected chi connectivity index (χ1v) is 6.60. The van der Waals surface area contributed by atoms with Gasteiger partial charge in [0.25, 0.3) is 5.91 Å². The summed E-state index contributed by atoms with van der Waals surface area (Å²) < 4.78 is 38.4. The molecule has 2 atom stereocenters. The summed E-state index contributed by atoms with van der Waals surface area (Å²) in [4.78, 5) is 15.2. The molecule has 1 heterocycles. The molecule has 4 nitrogen and oxygen atoms in total. The number of amides is 1. The molecule has 0 spiro atoms. The lowest BCUT2D eigenvalue weighted by Crippen LogP contribution is -2.42. The van der Waals surface area contributed by atoms with Crippen LogP contribution in [0.1, 0.15) is 43.2 Å². The molecule has 118 valence electrons. The van der Waals surface area contributed by atoms with Crippen molar-refractivity contribution in [3.05, 3.63) is 29.6 Å². The molecule has 0 bridgehead atoms. The first-order chi connectivity index (χ1) is 9.62. The average molecular weight is 304 g/mol. The van der Waals surface area contributed by atoms with Crippen molar-refractivity contribution < 1.29 is 23.1 Å². The van der Waals surface area contributed by atoms with Crippen molar-refractivity contribution in [1.29, 1.82) is 0 Å². The van der Waals surface area contributed by atoms with E-state index < -0.39 is 34.9 Å². The van der Waals surface area contributed by atoms with Gasteiger partial charge in [0.05, 0.1) is 11.7 Å². The Bertz CT molecular complexity index is 503. The smallest absolute Gasteiger partial charge is 0.393 e. The Morgan fingerprint density at radius 1 is 1.48 bits per heavy atom. The molecule has 0 radical (unpaired) electrons.